The van der Waals surface area contributed by atoms with E-state index < -0.39 is 0 Å². The van der Waals surface area contributed by atoms with E-state index in [0.717, 1.165) is 21.3 Å². The van der Waals surface area contributed by atoms with Gasteiger partial charge in [0, 0.05) is 10.0 Å². The number of methoxy groups -OCH3 is 1. The molecule has 2 N–H and O–H groups in total. The molecule has 90 valence electrons. The fourth-order valence-corrected chi connectivity index (χ4v) is 2.13. The van der Waals surface area contributed by atoms with E-state index in [9.17, 15) is 0 Å². The van der Waals surface area contributed by atoms with E-state index in [2.05, 4.69) is 26.1 Å². The molecule has 2 aromatic rings. The third-order valence-electron chi connectivity index (χ3n) is 2.37. The van der Waals surface area contributed by atoms with Crippen molar-refractivity contribution in [2.75, 3.05) is 7.11 Å². The second-order valence-electron chi connectivity index (χ2n) is 3.52. The quantitative estimate of drug-likeness (QED) is 0.941. The van der Waals surface area contributed by atoms with Crippen LogP contribution in [0.4, 0.5) is 0 Å². The molecule has 0 radical (unpaired) electrons. The third kappa shape index (κ3) is 2.32. The summed E-state index contributed by atoms with van der Waals surface area (Å²) >= 11 is 3.47. The number of aryl methyl sites for hydroxylation is 1. The van der Waals surface area contributed by atoms with Crippen molar-refractivity contribution in [3.63, 3.8) is 0 Å². The number of benzene rings is 1. The van der Waals surface area contributed by atoms with Crippen molar-refractivity contribution < 1.29 is 9.26 Å². The summed E-state index contributed by atoms with van der Waals surface area (Å²) in [7, 11) is 1.63. The molecule has 0 unspecified atom stereocenters. The smallest absolute Gasteiger partial charge is 0.240 e. The van der Waals surface area contributed by atoms with Gasteiger partial charge in [-0.15, -0.1) is 0 Å². The molecular weight excluding hydrogens is 286 g/mol. The molecule has 6 heteroatoms. The van der Waals surface area contributed by atoms with Gasteiger partial charge in [0.05, 0.1) is 13.7 Å². The Hall–Kier alpha value is -1.40. The molecule has 0 atom stereocenters. The monoisotopic (exact) mass is 297 g/mol. The summed E-state index contributed by atoms with van der Waals surface area (Å²) in [5.74, 6) is 1.68. The van der Waals surface area contributed by atoms with Crippen LogP contribution in [0.5, 0.6) is 5.75 Å². The van der Waals surface area contributed by atoms with E-state index in [1.165, 1.54) is 0 Å². The fourth-order valence-electron chi connectivity index (χ4n) is 1.49. The largest absolute Gasteiger partial charge is 0.496 e. The Morgan fingerprint density at radius 1 is 1.47 bits per heavy atom. The standard InChI is InChI=1S/C11H12BrN3O2/c1-6-3-8(12)7(4-9(6)16-2)11-14-10(5-13)17-15-11/h3-4H,5,13H2,1-2H3. The maximum Gasteiger partial charge on any atom is 0.240 e. The molecular formula is C11H12BrN3O2. The molecule has 0 aliphatic carbocycles. The van der Waals surface area contributed by atoms with Gasteiger partial charge in [-0.25, -0.2) is 0 Å². The molecule has 0 spiro atoms. The summed E-state index contributed by atoms with van der Waals surface area (Å²) in [6.45, 7) is 2.20. The van der Waals surface area contributed by atoms with Gasteiger partial charge in [-0.1, -0.05) is 21.1 Å². The number of nitrogens with zero attached hydrogens (tertiary/aromatic N) is 2. The Morgan fingerprint density at radius 3 is 2.82 bits per heavy atom. The molecule has 0 fully saturated rings. The lowest BCUT2D eigenvalue weighted by Crippen LogP contribution is -1.96. The zero-order valence-corrected chi connectivity index (χ0v) is 11.1. The van der Waals surface area contributed by atoms with Gasteiger partial charge in [0.15, 0.2) is 0 Å². The third-order valence-corrected chi connectivity index (χ3v) is 3.02. The highest BCUT2D eigenvalue weighted by molar-refractivity contribution is 9.10. The van der Waals surface area contributed by atoms with Crippen LogP contribution in [-0.2, 0) is 6.54 Å². The number of hydrogen-bond acceptors (Lipinski definition) is 5. The highest BCUT2D eigenvalue weighted by Crippen LogP contribution is 2.32. The van der Waals surface area contributed by atoms with Crippen molar-refractivity contribution in [3.05, 3.63) is 28.1 Å². The second-order valence-corrected chi connectivity index (χ2v) is 4.37. The number of nitrogens with two attached hydrogens (primary N) is 1. The van der Waals surface area contributed by atoms with Gasteiger partial charge in [0.2, 0.25) is 11.7 Å². The van der Waals surface area contributed by atoms with Gasteiger partial charge in [-0.2, -0.15) is 4.98 Å². The van der Waals surface area contributed by atoms with Crippen LogP contribution in [0.15, 0.2) is 21.1 Å². The maximum atomic E-state index is 5.43. The highest BCUT2D eigenvalue weighted by atomic mass is 79.9. The van der Waals surface area contributed by atoms with Crippen LogP contribution in [0.25, 0.3) is 11.4 Å². The van der Waals surface area contributed by atoms with Gasteiger partial charge in [0.1, 0.15) is 5.75 Å². The predicted octanol–water partition coefficient (Wildman–Crippen LogP) is 2.27. The SMILES string of the molecule is COc1cc(-c2noc(CN)n2)c(Br)cc1C. The summed E-state index contributed by atoms with van der Waals surface area (Å²) in [6.07, 6.45) is 0. The molecule has 0 aliphatic heterocycles. The molecule has 0 amide bonds. The molecule has 5 nitrogen and oxygen atoms in total. The molecule has 1 heterocycles. The van der Waals surface area contributed by atoms with Crippen LogP contribution in [0, 0.1) is 6.92 Å². The number of ether oxygens (including phenoxy) is 1. The molecule has 0 saturated carbocycles. The van der Waals surface area contributed by atoms with Crippen LogP contribution in [0.2, 0.25) is 0 Å². The summed E-state index contributed by atoms with van der Waals surface area (Å²) in [5, 5.41) is 3.87. The summed E-state index contributed by atoms with van der Waals surface area (Å²) in [4.78, 5) is 4.18. The van der Waals surface area contributed by atoms with Gasteiger partial charge < -0.3 is 15.0 Å². The molecule has 0 bridgehead atoms. The van der Waals surface area contributed by atoms with Crippen molar-refractivity contribution in [2.45, 2.75) is 13.5 Å². The summed E-state index contributed by atoms with van der Waals surface area (Å²) in [5.41, 5.74) is 7.28. The maximum absolute atomic E-state index is 5.43. The molecule has 0 aliphatic rings. The number of hydrogen-bond donors (Lipinski definition) is 1. The van der Waals surface area contributed by atoms with Crippen LogP contribution in [-0.4, -0.2) is 17.3 Å². The Labute approximate surface area is 107 Å². The average molecular weight is 298 g/mol. The van der Waals surface area contributed by atoms with Crippen LogP contribution >= 0.6 is 15.9 Å². The topological polar surface area (TPSA) is 74.2 Å². The predicted molar refractivity (Wildman–Crippen MR) is 66.6 cm³/mol. The normalized spacial score (nSPS) is 10.6. The lowest BCUT2D eigenvalue weighted by atomic mass is 10.1. The van der Waals surface area contributed by atoms with Crippen LogP contribution in [0.3, 0.4) is 0 Å². The van der Waals surface area contributed by atoms with E-state index >= 15 is 0 Å². The molecule has 1 aromatic carbocycles. The molecule has 1 aromatic heterocycles. The van der Waals surface area contributed by atoms with Crippen LogP contribution in [0.1, 0.15) is 11.5 Å². The zero-order valence-electron chi connectivity index (χ0n) is 9.53. The van der Waals surface area contributed by atoms with Crippen LogP contribution < -0.4 is 10.5 Å². The van der Waals surface area contributed by atoms with Gasteiger partial charge in [-0.3, -0.25) is 0 Å². The fraction of sp³-hybridized carbons (Fsp3) is 0.273. The summed E-state index contributed by atoms with van der Waals surface area (Å²) < 4.78 is 11.1. The van der Waals surface area contributed by atoms with E-state index in [0.29, 0.717) is 11.7 Å². The van der Waals surface area contributed by atoms with E-state index in [4.69, 9.17) is 15.0 Å². The first-order valence-corrected chi connectivity index (χ1v) is 5.82. The number of rotatable bonds is 3. The van der Waals surface area contributed by atoms with Crippen molar-refractivity contribution in [2.24, 2.45) is 5.73 Å². The van der Waals surface area contributed by atoms with Gasteiger partial charge in [-0.05, 0) is 24.6 Å². The van der Waals surface area contributed by atoms with E-state index in [-0.39, 0.29) is 6.54 Å². The Bertz CT molecular complexity index is 540. The van der Waals surface area contributed by atoms with E-state index in [1.54, 1.807) is 7.11 Å². The van der Waals surface area contributed by atoms with E-state index in [1.807, 2.05) is 19.1 Å². The minimum Gasteiger partial charge on any atom is -0.496 e. The average Bonchev–Trinajstić information content (AvgIpc) is 2.78. The second kappa shape index (κ2) is 4.85. The van der Waals surface area contributed by atoms with Crippen molar-refractivity contribution in [1.29, 1.82) is 0 Å². The molecule has 0 saturated heterocycles. The Morgan fingerprint density at radius 2 is 2.24 bits per heavy atom. The first-order chi connectivity index (χ1) is 8.15. The minimum atomic E-state index is 0.230. The van der Waals surface area contributed by atoms with Crippen molar-refractivity contribution in [1.82, 2.24) is 10.1 Å². The lowest BCUT2D eigenvalue weighted by Gasteiger charge is -2.07. The summed E-state index contributed by atoms with van der Waals surface area (Å²) in [6, 6.07) is 3.82. The Balaban J connectivity index is 2.50. The lowest BCUT2D eigenvalue weighted by molar-refractivity contribution is 0.380. The van der Waals surface area contributed by atoms with Crippen molar-refractivity contribution >= 4 is 15.9 Å². The molecule has 17 heavy (non-hydrogen) atoms. The minimum absolute atomic E-state index is 0.230. The van der Waals surface area contributed by atoms with Crippen molar-refractivity contribution in [3.8, 4) is 17.1 Å². The molecule has 2 rings (SSSR count). The first-order valence-electron chi connectivity index (χ1n) is 5.03. The number of halogens is 1. The first kappa shape index (κ1) is 12.1. The zero-order chi connectivity index (χ0) is 12.4. The Kier molecular flexibility index (Phi) is 3.44. The van der Waals surface area contributed by atoms with Gasteiger partial charge >= 0.3 is 0 Å². The number of aromatic nitrogens is 2. The van der Waals surface area contributed by atoms with Gasteiger partial charge in [0.25, 0.3) is 0 Å². The highest BCUT2D eigenvalue weighted by Gasteiger charge is 2.13.